The third-order valence-corrected chi connectivity index (χ3v) is 8.04. The van der Waals surface area contributed by atoms with Gasteiger partial charge >= 0.3 is 0 Å². The lowest BCUT2D eigenvalue weighted by molar-refractivity contribution is -0.482. The molecule has 2 nitrogen and oxygen atoms in total. The Kier molecular flexibility index (Phi) is 6.86. The van der Waals surface area contributed by atoms with E-state index in [2.05, 4.69) is 166 Å². The first-order chi connectivity index (χ1) is 19.4. The minimum atomic E-state index is 0.0794. The Morgan fingerprint density at radius 2 is 1.07 bits per heavy atom. The average Bonchev–Trinajstić information content (AvgIpc) is 3.33. The van der Waals surface area contributed by atoms with Crippen molar-refractivity contribution in [2.24, 2.45) is 0 Å². The lowest BCUT2D eigenvalue weighted by atomic mass is 9.91. The van der Waals surface area contributed by atoms with Crippen LogP contribution in [0.4, 0.5) is 11.4 Å². The van der Waals surface area contributed by atoms with Gasteiger partial charge in [0.15, 0.2) is 12.1 Å². The first kappa shape index (κ1) is 25.8. The van der Waals surface area contributed by atoms with Gasteiger partial charge < -0.3 is 0 Å². The van der Waals surface area contributed by atoms with Crippen molar-refractivity contribution in [3.63, 3.8) is 0 Å². The predicted octanol–water partition coefficient (Wildman–Crippen LogP) is 9.57. The Balaban J connectivity index is 1.64. The summed E-state index contributed by atoms with van der Waals surface area (Å²) in [6.07, 6.45) is 2.36. The van der Waals surface area contributed by atoms with Gasteiger partial charge in [0.1, 0.15) is 11.4 Å². The topological polar surface area (TPSA) is 6.25 Å². The van der Waals surface area contributed by atoms with Crippen LogP contribution in [0.5, 0.6) is 0 Å². The molecule has 0 radical (unpaired) electrons. The highest BCUT2D eigenvalue weighted by molar-refractivity contribution is 5.90. The normalized spacial score (nSPS) is 16.7. The fraction of sp³-hybridized carbons (Fsp3) is 0.184. The van der Waals surface area contributed by atoms with Crippen LogP contribution in [0.25, 0.3) is 11.1 Å². The second kappa shape index (κ2) is 10.6. The van der Waals surface area contributed by atoms with E-state index >= 15 is 0 Å². The van der Waals surface area contributed by atoms with Crippen LogP contribution < -0.4 is 4.90 Å². The number of para-hydroxylation sites is 1. The summed E-state index contributed by atoms with van der Waals surface area (Å²) in [6, 6.07) is 42.5. The van der Waals surface area contributed by atoms with E-state index in [0.29, 0.717) is 0 Å². The van der Waals surface area contributed by atoms with Crippen LogP contribution in [0.2, 0.25) is 0 Å². The molecule has 0 saturated heterocycles. The van der Waals surface area contributed by atoms with E-state index < -0.39 is 0 Å². The van der Waals surface area contributed by atoms with E-state index in [1.165, 1.54) is 61.4 Å². The third kappa shape index (κ3) is 4.75. The Morgan fingerprint density at radius 1 is 0.550 bits per heavy atom. The van der Waals surface area contributed by atoms with E-state index in [4.69, 9.17) is 0 Å². The molecule has 5 aromatic carbocycles. The maximum absolute atomic E-state index is 2.52. The predicted molar refractivity (Wildman–Crippen MR) is 169 cm³/mol. The highest BCUT2D eigenvalue weighted by Crippen LogP contribution is 2.48. The molecule has 0 amide bonds. The largest absolute Gasteiger partial charge is 0.245 e. The number of aryl methyl sites for hydroxylation is 5. The van der Waals surface area contributed by atoms with Gasteiger partial charge in [-0.15, -0.1) is 0 Å². The second-order valence-electron chi connectivity index (χ2n) is 11.3. The summed E-state index contributed by atoms with van der Waals surface area (Å²) in [4.78, 5) is 2.51. The zero-order chi connectivity index (χ0) is 27.8. The molecule has 6 rings (SSSR count). The van der Waals surface area contributed by atoms with Crippen molar-refractivity contribution in [2.45, 2.75) is 46.7 Å². The zero-order valence-electron chi connectivity index (χ0n) is 24.1. The van der Waals surface area contributed by atoms with Crippen molar-refractivity contribution < 1.29 is 4.58 Å². The molecule has 1 aliphatic rings. The van der Waals surface area contributed by atoms with Crippen LogP contribution in [0.1, 0.15) is 51.0 Å². The number of hydrogen-bond donors (Lipinski definition) is 0. The molecule has 1 heterocycles. The average molecular weight is 522 g/mol. The lowest BCUT2D eigenvalue weighted by Crippen LogP contribution is -2.26. The molecule has 2 atom stereocenters. The summed E-state index contributed by atoms with van der Waals surface area (Å²) in [7, 11) is 0. The molecule has 0 aromatic heterocycles. The van der Waals surface area contributed by atoms with Gasteiger partial charge in [-0.05, 0) is 57.4 Å². The minimum absolute atomic E-state index is 0.0794. The van der Waals surface area contributed by atoms with Crippen molar-refractivity contribution in [1.82, 2.24) is 0 Å². The molecular weight excluding hydrogens is 484 g/mol. The first-order valence-electron chi connectivity index (χ1n) is 14.2. The molecule has 0 N–H and O–H groups in total. The van der Waals surface area contributed by atoms with E-state index in [1.54, 1.807) is 0 Å². The molecule has 0 spiro atoms. The molecule has 198 valence electrons. The molecule has 5 aromatic rings. The van der Waals surface area contributed by atoms with Gasteiger partial charge in [-0.3, -0.25) is 0 Å². The zero-order valence-corrected chi connectivity index (χ0v) is 24.1. The van der Waals surface area contributed by atoms with Crippen LogP contribution in [-0.4, -0.2) is 10.9 Å². The fourth-order valence-electron chi connectivity index (χ4n) is 6.63. The van der Waals surface area contributed by atoms with E-state index in [-0.39, 0.29) is 12.1 Å². The van der Waals surface area contributed by atoms with E-state index in [9.17, 15) is 0 Å². The Bertz CT molecular complexity index is 1660. The van der Waals surface area contributed by atoms with Gasteiger partial charge in [0.05, 0.1) is 0 Å². The number of anilines is 1. The van der Waals surface area contributed by atoms with Crippen LogP contribution in [0, 0.1) is 34.6 Å². The minimum Gasteiger partial charge on any atom is -0.221 e. The highest BCUT2D eigenvalue weighted by Gasteiger charge is 2.47. The van der Waals surface area contributed by atoms with Gasteiger partial charge in [0, 0.05) is 16.7 Å². The monoisotopic (exact) mass is 521 g/mol. The molecule has 0 unspecified atom stereocenters. The van der Waals surface area contributed by atoms with Crippen LogP contribution in [-0.2, 0) is 0 Å². The Morgan fingerprint density at radius 3 is 1.70 bits per heavy atom. The van der Waals surface area contributed by atoms with Gasteiger partial charge in [-0.1, -0.05) is 126 Å². The summed E-state index contributed by atoms with van der Waals surface area (Å²) in [5.41, 5.74) is 14.1. The molecular formula is C38H37N2+. The Labute approximate surface area is 238 Å². The van der Waals surface area contributed by atoms with Gasteiger partial charge in [-0.2, -0.15) is 0 Å². The smallest absolute Gasteiger partial charge is 0.221 e. The summed E-state index contributed by atoms with van der Waals surface area (Å²) in [5, 5.41) is 0. The quantitative estimate of drug-likeness (QED) is 0.209. The van der Waals surface area contributed by atoms with Crippen molar-refractivity contribution in [3.05, 3.63) is 154 Å². The first-order valence-corrected chi connectivity index (χ1v) is 14.2. The number of benzene rings is 5. The van der Waals surface area contributed by atoms with Crippen molar-refractivity contribution in [2.75, 3.05) is 4.90 Å². The standard InChI is InChI=1S/C38H37N2/c1-26-20-27(2)24-33(23-26)34-18-12-13-19-35(34)39-25-40(36-29(4)21-28(3)22-30(36)5)38(32-16-10-7-11-17-32)37(39)31-14-8-6-9-15-31/h6-25,37-38H,1-5H3/q+1/t37-,38-/m0/s1. The summed E-state index contributed by atoms with van der Waals surface area (Å²) in [5.74, 6) is 0. The second-order valence-corrected chi connectivity index (χ2v) is 11.3. The van der Waals surface area contributed by atoms with Gasteiger partial charge in [0.25, 0.3) is 0 Å². The molecule has 1 aliphatic heterocycles. The molecule has 2 heteroatoms. The van der Waals surface area contributed by atoms with Gasteiger partial charge in [-0.25, -0.2) is 9.48 Å². The van der Waals surface area contributed by atoms with Crippen LogP contribution in [0.15, 0.2) is 115 Å². The van der Waals surface area contributed by atoms with Crippen molar-refractivity contribution in [3.8, 4) is 11.1 Å². The van der Waals surface area contributed by atoms with Crippen molar-refractivity contribution >= 4 is 17.7 Å². The maximum atomic E-state index is 2.52. The molecule has 0 fully saturated rings. The molecule has 0 saturated carbocycles. The van der Waals surface area contributed by atoms with Gasteiger partial charge in [0.2, 0.25) is 6.34 Å². The number of hydrogen-bond acceptors (Lipinski definition) is 1. The third-order valence-electron chi connectivity index (χ3n) is 8.04. The number of nitrogens with zero attached hydrogens (tertiary/aromatic N) is 2. The molecule has 0 aliphatic carbocycles. The van der Waals surface area contributed by atoms with Crippen LogP contribution in [0.3, 0.4) is 0 Å². The highest BCUT2D eigenvalue weighted by atomic mass is 15.3. The SMILES string of the molecule is Cc1cc(C)cc(-c2ccccc2N2C=[N+](c3c(C)cc(C)cc3C)[C@@H](c3ccccc3)[C@@H]2c2ccccc2)c1. The lowest BCUT2D eigenvalue weighted by Gasteiger charge is -2.26. The van der Waals surface area contributed by atoms with E-state index in [0.717, 1.165) is 0 Å². The summed E-state index contributed by atoms with van der Waals surface area (Å²) >= 11 is 0. The van der Waals surface area contributed by atoms with Crippen LogP contribution >= 0.6 is 0 Å². The van der Waals surface area contributed by atoms with E-state index in [1.807, 2.05) is 0 Å². The molecule has 40 heavy (non-hydrogen) atoms. The Hall–Kier alpha value is -4.43. The maximum Gasteiger partial charge on any atom is 0.245 e. The number of rotatable bonds is 5. The fourth-order valence-corrected chi connectivity index (χ4v) is 6.63. The van der Waals surface area contributed by atoms with Crippen molar-refractivity contribution in [1.29, 1.82) is 0 Å². The molecule has 0 bridgehead atoms. The summed E-state index contributed by atoms with van der Waals surface area (Å²) < 4.78 is 2.52. The summed E-state index contributed by atoms with van der Waals surface area (Å²) in [6.45, 7) is 11.0.